The Labute approximate surface area is 94.3 Å². The second-order valence-electron chi connectivity index (χ2n) is 4.47. The van der Waals surface area contributed by atoms with Crippen LogP contribution in [0.3, 0.4) is 0 Å². The molecule has 82 valence electrons. The molecule has 15 heavy (non-hydrogen) atoms. The molecule has 0 bridgehead atoms. The average Bonchev–Trinajstić information content (AvgIpc) is 2.99. The average molecular weight is 223 g/mol. The van der Waals surface area contributed by atoms with Crippen molar-refractivity contribution in [2.45, 2.75) is 38.3 Å². The molecule has 0 unspecified atom stereocenters. The normalized spacial score (nSPS) is 21.7. The van der Waals surface area contributed by atoms with Crippen LogP contribution in [0.2, 0.25) is 0 Å². The molecule has 0 aromatic carbocycles. The van der Waals surface area contributed by atoms with Crippen LogP contribution in [-0.2, 0) is 19.4 Å². The highest BCUT2D eigenvalue weighted by atomic mass is 32.1. The molecular formula is C11H17N3S. The molecule has 3 nitrogen and oxygen atoms in total. The van der Waals surface area contributed by atoms with Gasteiger partial charge in [0.1, 0.15) is 0 Å². The first kappa shape index (κ1) is 9.75. The fraction of sp³-hybridized carbons (Fsp3) is 0.727. The van der Waals surface area contributed by atoms with E-state index >= 15 is 0 Å². The molecule has 0 saturated heterocycles. The Morgan fingerprint density at radius 3 is 3.07 bits per heavy atom. The summed E-state index contributed by atoms with van der Waals surface area (Å²) < 4.78 is 0. The number of rotatable bonds is 3. The molecule has 1 aromatic rings. The van der Waals surface area contributed by atoms with Gasteiger partial charge in [-0.05, 0) is 19.4 Å². The fourth-order valence-corrected chi connectivity index (χ4v) is 3.41. The molecule has 1 fully saturated rings. The first-order valence-electron chi connectivity index (χ1n) is 5.78. The van der Waals surface area contributed by atoms with Crippen LogP contribution >= 0.6 is 11.3 Å². The molecule has 1 aromatic heterocycles. The highest BCUT2D eigenvalue weighted by Crippen LogP contribution is 2.33. The highest BCUT2D eigenvalue weighted by Gasteiger charge is 2.32. The Hall–Kier alpha value is -0.450. The Morgan fingerprint density at radius 1 is 1.47 bits per heavy atom. The SMILES string of the molecule is NCCc1nc2c(s1)CN(C1CC1)CC2. The topological polar surface area (TPSA) is 42.1 Å². The van der Waals surface area contributed by atoms with E-state index in [-0.39, 0.29) is 0 Å². The minimum Gasteiger partial charge on any atom is -0.330 e. The summed E-state index contributed by atoms with van der Waals surface area (Å²) in [4.78, 5) is 8.78. The van der Waals surface area contributed by atoms with Gasteiger partial charge in [0.25, 0.3) is 0 Å². The lowest BCUT2D eigenvalue weighted by atomic mass is 10.2. The van der Waals surface area contributed by atoms with Crippen LogP contribution in [0.1, 0.15) is 28.4 Å². The van der Waals surface area contributed by atoms with Gasteiger partial charge < -0.3 is 5.73 Å². The zero-order valence-corrected chi connectivity index (χ0v) is 9.72. The number of hydrogen-bond acceptors (Lipinski definition) is 4. The van der Waals surface area contributed by atoms with Gasteiger partial charge in [0.05, 0.1) is 10.7 Å². The molecule has 1 aliphatic carbocycles. The standard InChI is InChI=1S/C11H17N3S/c12-5-3-11-13-9-4-6-14(8-1-2-8)7-10(9)15-11/h8H,1-7,12H2. The molecule has 3 rings (SSSR count). The van der Waals surface area contributed by atoms with Crippen LogP contribution in [0, 0.1) is 0 Å². The van der Waals surface area contributed by atoms with E-state index in [0.29, 0.717) is 0 Å². The van der Waals surface area contributed by atoms with E-state index in [1.165, 1.54) is 35.0 Å². The van der Waals surface area contributed by atoms with Gasteiger partial charge in [-0.25, -0.2) is 4.98 Å². The maximum Gasteiger partial charge on any atom is 0.0944 e. The molecule has 0 amide bonds. The largest absolute Gasteiger partial charge is 0.330 e. The Morgan fingerprint density at radius 2 is 2.33 bits per heavy atom. The molecule has 2 N–H and O–H groups in total. The van der Waals surface area contributed by atoms with Crippen molar-refractivity contribution in [3.8, 4) is 0 Å². The second-order valence-corrected chi connectivity index (χ2v) is 5.64. The van der Waals surface area contributed by atoms with E-state index in [0.717, 1.165) is 32.0 Å². The number of nitrogens with zero attached hydrogens (tertiary/aromatic N) is 2. The molecule has 1 saturated carbocycles. The minimum atomic E-state index is 0.721. The van der Waals surface area contributed by atoms with Gasteiger partial charge in [-0.15, -0.1) is 11.3 Å². The zero-order valence-electron chi connectivity index (χ0n) is 8.91. The van der Waals surface area contributed by atoms with E-state index < -0.39 is 0 Å². The Kier molecular flexibility index (Phi) is 2.50. The predicted molar refractivity (Wildman–Crippen MR) is 62.0 cm³/mol. The van der Waals surface area contributed by atoms with Gasteiger partial charge >= 0.3 is 0 Å². The van der Waals surface area contributed by atoms with Crippen molar-refractivity contribution in [3.05, 3.63) is 15.6 Å². The summed E-state index contributed by atoms with van der Waals surface area (Å²) in [6.45, 7) is 3.07. The number of fused-ring (bicyclic) bond motifs is 1. The lowest BCUT2D eigenvalue weighted by Crippen LogP contribution is -2.31. The lowest BCUT2D eigenvalue weighted by Gasteiger charge is -2.25. The van der Waals surface area contributed by atoms with Gasteiger partial charge in [0.15, 0.2) is 0 Å². The number of aromatic nitrogens is 1. The van der Waals surface area contributed by atoms with Gasteiger partial charge in [-0.2, -0.15) is 0 Å². The molecular weight excluding hydrogens is 206 g/mol. The van der Waals surface area contributed by atoms with Gasteiger partial charge in [-0.1, -0.05) is 0 Å². The quantitative estimate of drug-likeness (QED) is 0.836. The molecule has 2 heterocycles. The van der Waals surface area contributed by atoms with E-state index in [1.807, 2.05) is 11.3 Å². The van der Waals surface area contributed by atoms with E-state index in [9.17, 15) is 0 Å². The van der Waals surface area contributed by atoms with E-state index in [2.05, 4.69) is 9.88 Å². The molecule has 4 heteroatoms. The Balaban J connectivity index is 1.76. The summed E-state index contributed by atoms with van der Waals surface area (Å²) in [5.74, 6) is 0. The van der Waals surface area contributed by atoms with Crippen LogP contribution < -0.4 is 5.73 Å². The Bertz CT molecular complexity index is 357. The van der Waals surface area contributed by atoms with Crippen molar-refractivity contribution in [2.24, 2.45) is 5.73 Å². The van der Waals surface area contributed by atoms with Crippen molar-refractivity contribution in [2.75, 3.05) is 13.1 Å². The van der Waals surface area contributed by atoms with Gasteiger partial charge in [0.2, 0.25) is 0 Å². The minimum absolute atomic E-state index is 0.721. The molecule has 0 spiro atoms. The third-order valence-electron chi connectivity index (χ3n) is 3.23. The summed E-state index contributed by atoms with van der Waals surface area (Å²) >= 11 is 1.88. The maximum atomic E-state index is 5.56. The van der Waals surface area contributed by atoms with Gasteiger partial charge in [-0.3, -0.25) is 4.90 Å². The zero-order chi connectivity index (χ0) is 10.3. The van der Waals surface area contributed by atoms with Crippen molar-refractivity contribution < 1.29 is 0 Å². The van der Waals surface area contributed by atoms with Crippen LogP contribution in [0.25, 0.3) is 0 Å². The summed E-state index contributed by atoms with van der Waals surface area (Å²) in [6.07, 6.45) is 4.90. The summed E-state index contributed by atoms with van der Waals surface area (Å²) in [7, 11) is 0. The first-order chi connectivity index (χ1) is 7.36. The van der Waals surface area contributed by atoms with Crippen molar-refractivity contribution in [3.63, 3.8) is 0 Å². The molecule has 0 atom stereocenters. The molecule has 1 aliphatic heterocycles. The fourth-order valence-electron chi connectivity index (χ4n) is 2.25. The summed E-state index contributed by atoms with van der Waals surface area (Å²) in [5, 5.41) is 1.24. The van der Waals surface area contributed by atoms with Crippen LogP contribution in [-0.4, -0.2) is 29.0 Å². The smallest absolute Gasteiger partial charge is 0.0944 e. The van der Waals surface area contributed by atoms with E-state index in [1.54, 1.807) is 0 Å². The van der Waals surface area contributed by atoms with Crippen LogP contribution in [0.5, 0.6) is 0 Å². The van der Waals surface area contributed by atoms with E-state index in [4.69, 9.17) is 5.73 Å². The summed E-state index contributed by atoms with van der Waals surface area (Å²) in [6, 6.07) is 0.887. The first-order valence-corrected chi connectivity index (χ1v) is 6.60. The van der Waals surface area contributed by atoms with Crippen molar-refractivity contribution >= 4 is 11.3 Å². The lowest BCUT2D eigenvalue weighted by molar-refractivity contribution is 0.245. The highest BCUT2D eigenvalue weighted by molar-refractivity contribution is 7.11. The van der Waals surface area contributed by atoms with Crippen molar-refractivity contribution in [1.29, 1.82) is 0 Å². The predicted octanol–water partition coefficient (Wildman–Crippen LogP) is 1.16. The number of thiazole rings is 1. The number of nitrogens with two attached hydrogens (primary N) is 1. The van der Waals surface area contributed by atoms with Crippen LogP contribution in [0.4, 0.5) is 0 Å². The monoisotopic (exact) mass is 223 g/mol. The third kappa shape index (κ3) is 1.94. The third-order valence-corrected chi connectivity index (χ3v) is 4.37. The van der Waals surface area contributed by atoms with Crippen molar-refractivity contribution in [1.82, 2.24) is 9.88 Å². The maximum absolute atomic E-state index is 5.56. The molecule has 2 aliphatic rings. The van der Waals surface area contributed by atoms with Gasteiger partial charge in [0, 0.05) is 36.9 Å². The molecule has 0 radical (unpaired) electrons. The van der Waals surface area contributed by atoms with Crippen LogP contribution in [0.15, 0.2) is 0 Å². The second kappa shape index (κ2) is 3.85. The number of hydrogen-bond donors (Lipinski definition) is 1. The summed E-state index contributed by atoms with van der Waals surface area (Å²) in [5.41, 5.74) is 6.91.